The van der Waals surface area contributed by atoms with E-state index in [4.69, 9.17) is 21.8 Å². The monoisotopic (exact) mass is 182 g/mol. The molecule has 0 bridgehead atoms. The lowest BCUT2D eigenvalue weighted by atomic mass is 10.5. The molecule has 2 N–H and O–H groups in total. The van der Waals surface area contributed by atoms with Crippen molar-refractivity contribution in [2.24, 2.45) is 0 Å². The summed E-state index contributed by atoms with van der Waals surface area (Å²) in [5.74, 6) is -2.97. The molecule has 0 aliphatic rings. The summed E-state index contributed by atoms with van der Waals surface area (Å²) in [6.07, 6.45) is 0. The first-order valence-electron chi connectivity index (χ1n) is 2.02. The Kier molecular flexibility index (Phi) is 3.24. The molecule has 0 spiro atoms. The Labute approximate surface area is 66.5 Å². The van der Waals surface area contributed by atoms with E-state index < -0.39 is 21.9 Å². The van der Waals surface area contributed by atoms with Crippen LogP contribution in [0.1, 0.15) is 0 Å². The van der Waals surface area contributed by atoms with E-state index in [-0.39, 0.29) is 0 Å². The number of hydrogen-bond donors (Lipinski definition) is 3. The molecule has 0 aromatic heterocycles. The van der Waals surface area contributed by atoms with Crippen LogP contribution in [-0.4, -0.2) is 22.2 Å². The number of hydrogen-bond acceptors (Lipinski definition) is 3. The summed E-state index contributed by atoms with van der Waals surface area (Å²) in [4.78, 5) is 19.2. The Morgan fingerprint density at radius 3 is 1.70 bits per heavy atom. The van der Waals surface area contributed by atoms with Crippen LogP contribution in [0.3, 0.4) is 0 Å². The Morgan fingerprint density at radius 1 is 1.20 bits per heavy atom. The first-order valence-corrected chi connectivity index (χ1v) is 2.84. The van der Waals surface area contributed by atoms with Crippen LogP contribution in [0.25, 0.3) is 0 Å². The maximum atomic E-state index is 9.96. The Balaban J connectivity index is 4.67. The number of halogens is 1. The van der Waals surface area contributed by atoms with Gasteiger partial charge in [0.25, 0.3) is 0 Å². The van der Waals surface area contributed by atoms with Gasteiger partial charge in [0.2, 0.25) is 0 Å². The predicted molar refractivity (Wildman–Crippen MR) is 37.1 cm³/mol. The zero-order valence-electron chi connectivity index (χ0n) is 4.54. The summed E-state index contributed by atoms with van der Waals surface area (Å²) in [7, 11) is 0. The van der Waals surface area contributed by atoms with E-state index in [1.54, 1.807) is 0 Å². The van der Waals surface area contributed by atoms with Crippen LogP contribution >= 0.6 is 24.2 Å². The van der Waals surface area contributed by atoms with Crippen LogP contribution in [0, 0.1) is 0 Å². The molecule has 0 radical (unpaired) electrons. The minimum Gasteiger partial charge on any atom is -0.477 e. The zero-order chi connectivity index (χ0) is 8.31. The number of rotatable bonds is 2. The van der Waals surface area contributed by atoms with E-state index in [0.717, 1.165) is 0 Å². The van der Waals surface area contributed by atoms with Crippen molar-refractivity contribution in [1.29, 1.82) is 0 Å². The standard InChI is InChI=1S/C4H3ClO4S/c5-1(3(6)7)2(10)4(8)9/h10H,(H,6,7)(H,8,9)/b2-1+. The molecule has 4 nitrogen and oxygen atoms in total. The van der Waals surface area contributed by atoms with E-state index in [9.17, 15) is 9.59 Å². The molecule has 0 aliphatic carbocycles. The van der Waals surface area contributed by atoms with Gasteiger partial charge in [0.15, 0.2) is 0 Å². The van der Waals surface area contributed by atoms with Crippen molar-refractivity contribution >= 4 is 36.2 Å². The van der Waals surface area contributed by atoms with E-state index in [2.05, 4.69) is 12.6 Å². The highest BCUT2D eigenvalue weighted by molar-refractivity contribution is 7.85. The van der Waals surface area contributed by atoms with Crippen LogP contribution in [0.5, 0.6) is 0 Å². The second kappa shape index (κ2) is 3.48. The molecule has 0 saturated carbocycles. The summed E-state index contributed by atoms with van der Waals surface area (Å²) in [5, 5.41) is 15.4. The molecule has 0 rings (SSSR count). The quantitative estimate of drug-likeness (QED) is 0.430. The molecule has 0 fully saturated rings. The molecule has 0 atom stereocenters. The molecule has 0 aromatic carbocycles. The van der Waals surface area contributed by atoms with Gasteiger partial charge in [-0.15, -0.1) is 12.6 Å². The fourth-order valence-corrected chi connectivity index (χ4v) is 0.372. The SMILES string of the molecule is O=C(O)/C(S)=C(\Cl)C(=O)O. The molecule has 0 unspecified atom stereocenters. The molecule has 6 heteroatoms. The predicted octanol–water partition coefficient (Wildman–Crippen LogP) is 0.536. The third kappa shape index (κ3) is 2.28. The van der Waals surface area contributed by atoms with Gasteiger partial charge in [-0.2, -0.15) is 0 Å². The Morgan fingerprint density at radius 2 is 1.60 bits per heavy atom. The third-order valence-electron chi connectivity index (χ3n) is 0.598. The fraction of sp³-hybridized carbons (Fsp3) is 0. The fourth-order valence-electron chi connectivity index (χ4n) is 0.195. The molecule has 10 heavy (non-hydrogen) atoms. The van der Waals surface area contributed by atoms with Gasteiger partial charge in [0, 0.05) is 0 Å². The van der Waals surface area contributed by atoms with Crippen LogP contribution in [0.15, 0.2) is 9.94 Å². The van der Waals surface area contributed by atoms with Gasteiger partial charge in [-0.3, -0.25) is 0 Å². The zero-order valence-corrected chi connectivity index (χ0v) is 6.19. The van der Waals surface area contributed by atoms with E-state index in [1.165, 1.54) is 0 Å². The largest absolute Gasteiger partial charge is 0.477 e. The molecule has 0 heterocycles. The summed E-state index contributed by atoms with van der Waals surface area (Å²) in [6.45, 7) is 0. The van der Waals surface area contributed by atoms with Crippen LogP contribution in [0.2, 0.25) is 0 Å². The van der Waals surface area contributed by atoms with Gasteiger partial charge >= 0.3 is 11.9 Å². The normalized spacial score (nSPS) is 12.2. The summed E-state index contributed by atoms with van der Waals surface area (Å²) in [6, 6.07) is 0. The van der Waals surface area contributed by atoms with Crippen molar-refractivity contribution in [3.63, 3.8) is 0 Å². The van der Waals surface area contributed by atoms with Crippen LogP contribution in [0.4, 0.5) is 0 Å². The average Bonchev–Trinajstić information content (AvgIpc) is 1.84. The molecule has 0 aliphatic heterocycles. The number of carboxylic acids is 2. The average molecular weight is 183 g/mol. The van der Waals surface area contributed by atoms with Crippen molar-refractivity contribution in [3.8, 4) is 0 Å². The molecule has 56 valence electrons. The highest BCUT2D eigenvalue weighted by atomic mass is 35.5. The van der Waals surface area contributed by atoms with Crippen LogP contribution < -0.4 is 0 Å². The summed E-state index contributed by atoms with van der Waals surface area (Å²) < 4.78 is 0. The first-order chi connectivity index (χ1) is 4.46. The second-order valence-electron chi connectivity index (χ2n) is 1.27. The lowest BCUT2D eigenvalue weighted by Crippen LogP contribution is -2.03. The van der Waals surface area contributed by atoms with Gasteiger partial charge < -0.3 is 10.2 Å². The summed E-state index contributed by atoms with van der Waals surface area (Å²) in [5.41, 5.74) is 0. The minimum absolute atomic E-state index is 0.672. The van der Waals surface area contributed by atoms with Gasteiger partial charge in [-0.1, -0.05) is 11.6 Å². The molecule has 0 aromatic rings. The van der Waals surface area contributed by atoms with E-state index >= 15 is 0 Å². The Hall–Kier alpha value is -0.680. The molecule has 0 amide bonds. The van der Waals surface area contributed by atoms with Crippen molar-refractivity contribution in [2.45, 2.75) is 0 Å². The van der Waals surface area contributed by atoms with E-state index in [0.29, 0.717) is 0 Å². The van der Waals surface area contributed by atoms with Crippen molar-refractivity contribution < 1.29 is 19.8 Å². The van der Waals surface area contributed by atoms with Gasteiger partial charge in [-0.05, 0) is 0 Å². The second-order valence-corrected chi connectivity index (χ2v) is 2.10. The minimum atomic E-state index is -1.51. The number of carbonyl (C=O) groups is 2. The van der Waals surface area contributed by atoms with Gasteiger partial charge in [0.1, 0.15) is 9.94 Å². The third-order valence-corrected chi connectivity index (χ3v) is 1.50. The van der Waals surface area contributed by atoms with E-state index in [1.807, 2.05) is 0 Å². The van der Waals surface area contributed by atoms with Crippen LogP contribution in [-0.2, 0) is 9.59 Å². The number of aliphatic carboxylic acids is 2. The topological polar surface area (TPSA) is 74.6 Å². The number of thiol groups is 1. The lowest BCUT2D eigenvalue weighted by Gasteiger charge is -1.92. The lowest BCUT2D eigenvalue weighted by molar-refractivity contribution is -0.134. The van der Waals surface area contributed by atoms with Crippen molar-refractivity contribution in [2.75, 3.05) is 0 Å². The maximum absolute atomic E-state index is 9.96. The summed E-state index contributed by atoms with van der Waals surface area (Å²) >= 11 is 8.31. The van der Waals surface area contributed by atoms with Crippen molar-refractivity contribution in [1.82, 2.24) is 0 Å². The molecule has 0 saturated heterocycles. The highest BCUT2D eigenvalue weighted by Gasteiger charge is 2.13. The Bertz CT molecular complexity index is 187. The maximum Gasteiger partial charge on any atom is 0.348 e. The molecular formula is C4H3ClO4S. The molecular weight excluding hydrogens is 180 g/mol. The smallest absolute Gasteiger partial charge is 0.348 e. The highest BCUT2D eigenvalue weighted by Crippen LogP contribution is 2.12. The van der Waals surface area contributed by atoms with Gasteiger partial charge in [-0.25, -0.2) is 9.59 Å². The number of carboxylic acid groups (broad SMARTS) is 2. The first kappa shape index (κ1) is 9.32. The van der Waals surface area contributed by atoms with Gasteiger partial charge in [0.05, 0.1) is 0 Å². The van der Waals surface area contributed by atoms with Crippen molar-refractivity contribution in [3.05, 3.63) is 9.94 Å².